The van der Waals surface area contributed by atoms with E-state index in [9.17, 15) is 9.59 Å². The van der Waals surface area contributed by atoms with Gasteiger partial charge in [0.15, 0.2) is 0 Å². The van der Waals surface area contributed by atoms with E-state index in [4.69, 9.17) is 4.74 Å². The summed E-state index contributed by atoms with van der Waals surface area (Å²) in [4.78, 5) is 30.4. The van der Waals surface area contributed by atoms with Gasteiger partial charge in [-0.3, -0.25) is 9.59 Å². The summed E-state index contributed by atoms with van der Waals surface area (Å²) in [6.07, 6.45) is 1.67. The first-order valence-electron chi connectivity index (χ1n) is 8.18. The molecule has 2 aromatic rings. The summed E-state index contributed by atoms with van der Waals surface area (Å²) in [5, 5.41) is 1.07. The third-order valence-corrected chi connectivity index (χ3v) is 5.83. The second kappa shape index (κ2) is 4.23. The van der Waals surface area contributed by atoms with Gasteiger partial charge in [0.2, 0.25) is 11.8 Å². The smallest absolute Gasteiger partial charge is 0.240 e. The van der Waals surface area contributed by atoms with E-state index in [1.807, 2.05) is 32.0 Å². The minimum atomic E-state index is -0.272. The van der Waals surface area contributed by atoms with Crippen LogP contribution in [0.15, 0.2) is 18.2 Å². The van der Waals surface area contributed by atoms with Gasteiger partial charge < -0.3 is 9.72 Å². The van der Waals surface area contributed by atoms with E-state index in [-0.39, 0.29) is 35.9 Å². The highest BCUT2D eigenvalue weighted by molar-refractivity contribution is 6.23. The maximum absolute atomic E-state index is 12.8. The van der Waals surface area contributed by atoms with Crippen molar-refractivity contribution in [3.8, 4) is 0 Å². The largest absolute Gasteiger partial charge is 0.373 e. The lowest BCUT2D eigenvalue weighted by Gasteiger charge is -2.17. The molecule has 23 heavy (non-hydrogen) atoms. The van der Waals surface area contributed by atoms with Gasteiger partial charge in [-0.2, -0.15) is 0 Å². The lowest BCUT2D eigenvalue weighted by molar-refractivity contribution is -0.124. The van der Waals surface area contributed by atoms with Crippen LogP contribution in [0, 0.1) is 25.7 Å². The molecule has 0 spiro atoms. The normalized spacial score (nSPS) is 32.3. The standard InChI is InChI=1S/C18H18N2O3/c1-8-9(2)19-12-4-3-10(7-11(8)12)20-17(21)15-13-5-6-14(23-13)16(15)18(20)22/h3-4,7,13-16,19H,5-6H2,1-2H3/t13-,14+,15-,16+. The number of aryl methyl sites for hydroxylation is 2. The quantitative estimate of drug-likeness (QED) is 0.823. The van der Waals surface area contributed by atoms with Gasteiger partial charge in [0.1, 0.15) is 0 Å². The van der Waals surface area contributed by atoms with Crippen LogP contribution in [-0.4, -0.2) is 29.0 Å². The molecule has 1 aromatic heterocycles. The van der Waals surface area contributed by atoms with Crippen molar-refractivity contribution in [1.29, 1.82) is 0 Å². The van der Waals surface area contributed by atoms with Crippen LogP contribution in [0.2, 0.25) is 0 Å². The molecule has 5 rings (SSSR count). The number of imide groups is 1. The van der Waals surface area contributed by atoms with E-state index < -0.39 is 0 Å². The van der Waals surface area contributed by atoms with Crippen molar-refractivity contribution in [3.05, 3.63) is 29.5 Å². The number of hydrogen-bond donors (Lipinski definition) is 1. The molecule has 1 aromatic carbocycles. The molecule has 1 N–H and O–H groups in total. The predicted molar refractivity (Wildman–Crippen MR) is 85.1 cm³/mol. The van der Waals surface area contributed by atoms with E-state index in [1.165, 1.54) is 4.90 Å². The summed E-state index contributed by atoms with van der Waals surface area (Å²) >= 11 is 0. The third kappa shape index (κ3) is 1.55. The molecule has 5 heteroatoms. The van der Waals surface area contributed by atoms with Crippen LogP contribution < -0.4 is 4.90 Å². The maximum Gasteiger partial charge on any atom is 0.240 e. The lowest BCUT2D eigenvalue weighted by Crippen LogP contribution is -2.34. The monoisotopic (exact) mass is 310 g/mol. The molecule has 0 saturated carbocycles. The Hall–Kier alpha value is -2.14. The zero-order valence-corrected chi connectivity index (χ0v) is 13.1. The minimum Gasteiger partial charge on any atom is -0.373 e. The Morgan fingerprint density at radius 2 is 1.74 bits per heavy atom. The number of H-pyrrole nitrogens is 1. The molecule has 2 amide bonds. The van der Waals surface area contributed by atoms with Gasteiger partial charge >= 0.3 is 0 Å². The number of aromatic amines is 1. The lowest BCUT2D eigenvalue weighted by atomic mass is 9.81. The third-order valence-electron chi connectivity index (χ3n) is 5.83. The topological polar surface area (TPSA) is 62.4 Å². The fourth-order valence-electron chi connectivity index (χ4n) is 4.55. The van der Waals surface area contributed by atoms with Gasteiger partial charge in [-0.05, 0) is 50.5 Å². The highest BCUT2D eigenvalue weighted by Crippen LogP contribution is 2.49. The number of rotatable bonds is 1. The molecule has 5 nitrogen and oxygen atoms in total. The molecule has 3 aliphatic heterocycles. The summed E-state index contributed by atoms with van der Waals surface area (Å²) in [7, 11) is 0. The second-order valence-corrected chi connectivity index (χ2v) is 6.96. The highest BCUT2D eigenvalue weighted by Gasteiger charge is 2.62. The van der Waals surface area contributed by atoms with Crippen molar-refractivity contribution < 1.29 is 14.3 Å². The van der Waals surface area contributed by atoms with E-state index in [1.54, 1.807) is 0 Å². The Bertz CT molecular complexity index is 841. The molecule has 118 valence electrons. The average molecular weight is 310 g/mol. The number of amides is 2. The van der Waals surface area contributed by atoms with E-state index >= 15 is 0 Å². The zero-order valence-electron chi connectivity index (χ0n) is 13.1. The molecule has 2 bridgehead atoms. The van der Waals surface area contributed by atoms with Crippen LogP contribution in [0.4, 0.5) is 5.69 Å². The van der Waals surface area contributed by atoms with Gasteiger partial charge in [-0.1, -0.05) is 0 Å². The van der Waals surface area contributed by atoms with Crippen LogP contribution in [0.1, 0.15) is 24.1 Å². The van der Waals surface area contributed by atoms with Gasteiger partial charge in [-0.25, -0.2) is 4.90 Å². The van der Waals surface area contributed by atoms with Crippen molar-refractivity contribution in [3.63, 3.8) is 0 Å². The number of hydrogen-bond acceptors (Lipinski definition) is 3. The number of aromatic nitrogens is 1. The average Bonchev–Trinajstić information content (AvgIpc) is 3.26. The van der Waals surface area contributed by atoms with Crippen LogP contribution in [-0.2, 0) is 14.3 Å². The molecule has 0 unspecified atom stereocenters. The van der Waals surface area contributed by atoms with Gasteiger partial charge in [-0.15, -0.1) is 0 Å². The summed E-state index contributed by atoms with van der Waals surface area (Å²) in [5.74, 6) is -0.718. The number of carbonyl (C=O) groups is 2. The fraction of sp³-hybridized carbons (Fsp3) is 0.444. The number of ether oxygens (including phenoxy) is 1. The van der Waals surface area contributed by atoms with Crippen LogP contribution >= 0.6 is 0 Å². The molecule has 3 saturated heterocycles. The molecule has 4 heterocycles. The summed E-state index contributed by atoms with van der Waals surface area (Å²) < 4.78 is 5.78. The van der Waals surface area contributed by atoms with Crippen molar-refractivity contribution in [1.82, 2.24) is 4.98 Å². The highest BCUT2D eigenvalue weighted by atomic mass is 16.5. The molecule has 0 aliphatic carbocycles. The second-order valence-electron chi connectivity index (χ2n) is 6.96. The molecule has 3 fully saturated rings. The van der Waals surface area contributed by atoms with E-state index in [0.29, 0.717) is 5.69 Å². The first-order valence-corrected chi connectivity index (χ1v) is 8.18. The van der Waals surface area contributed by atoms with Crippen LogP contribution in [0.25, 0.3) is 10.9 Å². The van der Waals surface area contributed by atoms with Crippen molar-refractivity contribution >= 4 is 28.4 Å². The van der Waals surface area contributed by atoms with Crippen LogP contribution in [0.3, 0.4) is 0 Å². The number of anilines is 1. The Labute approximate surface area is 133 Å². The number of nitrogens with zero attached hydrogens (tertiary/aromatic N) is 1. The summed E-state index contributed by atoms with van der Waals surface area (Å²) in [6, 6.07) is 5.76. The number of fused-ring (bicyclic) bond motifs is 6. The molecule has 4 atom stereocenters. The van der Waals surface area contributed by atoms with E-state index in [2.05, 4.69) is 4.98 Å². The van der Waals surface area contributed by atoms with Crippen LogP contribution in [0.5, 0.6) is 0 Å². The van der Waals surface area contributed by atoms with Gasteiger partial charge in [0.05, 0.1) is 29.7 Å². The predicted octanol–water partition coefficient (Wildman–Crippen LogP) is 2.45. The Balaban J connectivity index is 1.61. The van der Waals surface area contributed by atoms with Gasteiger partial charge in [0.25, 0.3) is 0 Å². The Morgan fingerprint density at radius 1 is 1.09 bits per heavy atom. The number of carbonyl (C=O) groups excluding carboxylic acids is 2. The number of nitrogens with one attached hydrogen (secondary N) is 1. The zero-order chi connectivity index (χ0) is 15.9. The molecule has 3 aliphatic rings. The Kier molecular flexibility index (Phi) is 2.45. The van der Waals surface area contributed by atoms with Crippen molar-refractivity contribution in [2.75, 3.05) is 4.90 Å². The SMILES string of the molecule is Cc1[nH]c2ccc(N3C(=O)[C@@H]4[C@H](C3=O)[C@H]3CC[C@@H]4O3)cc2c1C. The minimum absolute atomic E-state index is 0.0635. The Morgan fingerprint density at radius 3 is 2.39 bits per heavy atom. The molecule has 0 radical (unpaired) electrons. The number of benzene rings is 1. The van der Waals surface area contributed by atoms with Crippen molar-refractivity contribution in [2.45, 2.75) is 38.9 Å². The molecular weight excluding hydrogens is 292 g/mol. The first-order chi connectivity index (χ1) is 11.1. The van der Waals surface area contributed by atoms with E-state index in [0.717, 1.165) is 35.0 Å². The van der Waals surface area contributed by atoms with Crippen molar-refractivity contribution in [2.24, 2.45) is 11.8 Å². The first kappa shape index (κ1) is 13.3. The maximum atomic E-state index is 12.8. The molecular formula is C18H18N2O3. The fourth-order valence-corrected chi connectivity index (χ4v) is 4.55. The summed E-state index contributed by atoms with van der Waals surface area (Å²) in [6.45, 7) is 4.08. The summed E-state index contributed by atoms with van der Waals surface area (Å²) in [5.41, 5.74) is 3.99. The van der Waals surface area contributed by atoms with Gasteiger partial charge in [0, 0.05) is 16.6 Å².